The zero-order chi connectivity index (χ0) is 16.2. The molecule has 1 amide bonds. The molecule has 0 aromatic heterocycles. The number of rotatable bonds is 11. The van der Waals surface area contributed by atoms with Crippen LogP contribution in [0, 0.1) is 0 Å². The highest BCUT2D eigenvalue weighted by molar-refractivity contribution is 9.10. The van der Waals surface area contributed by atoms with E-state index in [4.69, 9.17) is 0 Å². The van der Waals surface area contributed by atoms with E-state index in [1.165, 1.54) is 44.9 Å². The third kappa shape index (κ3) is 7.44. The van der Waals surface area contributed by atoms with E-state index in [0.29, 0.717) is 0 Å². The molecule has 0 N–H and O–H groups in total. The summed E-state index contributed by atoms with van der Waals surface area (Å²) in [4.78, 5) is 14.4. The highest BCUT2D eigenvalue weighted by Gasteiger charge is 2.13. The number of carbonyl (C=O) groups excluding carboxylic acids is 1. The maximum atomic E-state index is 12.4. The van der Waals surface area contributed by atoms with Crippen LogP contribution in [0.25, 0.3) is 0 Å². The molecule has 0 aliphatic carbocycles. The molecule has 3 heteroatoms. The molecule has 0 aliphatic rings. The summed E-state index contributed by atoms with van der Waals surface area (Å²) < 4.78 is 1.01. The fraction of sp³-hybridized carbons (Fsp3) is 0.632. The van der Waals surface area contributed by atoms with Crippen molar-refractivity contribution in [3.05, 3.63) is 34.3 Å². The van der Waals surface area contributed by atoms with E-state index in [2.05, 4.69) is 29.8 Å². The van der Waals surface area contributed by atoms with Crippen molar-refractivity contribution >= 4 is 21.8 Å². The Morgan fingerprint density at radius 1 is 0.909 bits per heavy atom. The Labute approximate surface area is 144 Å². The normalized spacial score (nSPS) is 10.7. The molecule has 2 nitrogen and oxygen atoms in total. The largest absolute Gasteiger partial charge is 0.339 e. The van der Waals surface area contributed by atoms with E-state index in [-0.39, 0.29) is 5.91 Å². The summed E-state index contributed by atoms with van der Waals surface area (Å²) in [5.41, 5.74) is 0.782. The maximum absolute atomic E-state index is 12.4. The van der Waals surface area contributed by atoms with E-state index in [1.54, 1.807) is 0 Å². The van der Waals surface area contributed by atoms with Crippen LogP contribution in [0.1, 0.15) is 75.6 Å². The van der Waals surface area contributed by atoms with Gasteiger partial charge in [-0.15, -0.1) is 0 Å². The zero-order valence-electron chi connectivity index (χ0n) is 14.1. The molecule has 0 fully saturated rings. The van der Waals surface area contributed by atoms with Crippen LogP contribution in [0.5, 0.6) is 0 Å². The van der Waals surface area contributed by atoms with Gasteiger partial charge in [-0.2, -0.15) is 0 Å². The van der Waals surface area contributed by atoms with Crippen molar-refractivity contribution in [1.29, 1.82) is 0 Å². The Bertz CT molecular complexity index is 416. The Morgan fingerprint density at radius 2 is 1.45 bits per heavy atom. The number of benzene rings is 1. The first-order chi connectivity index (χ1) is 10.7. The van der Waals surface area contributed by atoms with E-state index in [9.17, 15) is 4.79 Å². The van der Waals surface area contributed by atoms with Crippen molar-refractivity contribution in [2.24, 2.45) is 0 Å². The van der Waals surface area contributed by atoms with Crippen molar-refractivity contribution in [2.45, 2.75) is 65.2 Å². The summed E-state index contributed by atoms with van der Waals surface area (Å²) in [6.07, 6.45) is 10.4. The second-order valence-electron chi connectivity index (χ2n) is 5.87. The van der Waals surface area contributed by atoms with Crippen LogP contribution in [0.3, 0.4) is 0 Å². The maximum Gasteiger partial charge on any atom is 0.253 e. The molecule has 0 bridgehead atoms. The molecule has 124 valence electrons. The Hall–Kier alpha value is -0.830. The van der Waals surface area contributed by atoms with Crippen molar-refractivity contribution in [1.82, 2.24) is 4.90 Å². The van der Waals surface area contributed by atoms with E-state index in [1.807, 2.05) is 29.2 Å². The second kappa shape index (κ2) is 11.7. The molecular weight excluding hydrogens is 338 g/mol. The molecule has 1 rings (SSSR count). The predicted molar refractivity (Wildman–Crippen MR) is 98.3 cm³/mol. The van der Waals surface area contributed by atoms with Gasteiger partial charge in [0.15, 0.2) is 0 Å². The van der Waals surface area contributed by atoms with Gasteiger partial charge < -0.3 is 4.90 Å². The van der Waals surface area contributed by atoms with Gasteiger partial charge in [-0.3, -0.25) is 4.79 Å². The average Bonchev–Trinajstić information content (AvgIpc) is 2.54. The number of carbonyl (C=O) groups is 1. The molecule has 22 heavy (non-hydrogen) atoms. The number of hydrogen-bond donors (Lipinski definition) is 0. The lowest BCUT2D eigenvalue weighted by Gasteiger charge is -2.21. The molecule has 0 saturated carbocycles. The lowest BCUT2D eigenvalue weighted by Crippen LogP contribution is -2.31. The topological polar surface area (TPSA) is 20.3 Å². The quantitative estimate of drug-likeness (QED) is 0.435. The van der Waals surface area contributed by atoms with Crippen molar-refractivity contribution in [3.63, 3.8) is 0 Å². The van der Waals surface area contributed by atoms with E-state index < -0.39 is 0 Å². The van der Waals surface area contributed by atoms with E-state index in [0.717, 1.165) is 29.5 Å². The number of unbranched alkanes of at least 4 members (excludes halogenated alkanes) is 7. The third-order valence-electron chi connectivity index (χ3n) is 4.04. The number of hydrogen-bond acceptors (Lipinski definition) is 1. The lowest BCUT2D eigenvalue weighted by molar-refractivity contribution is 0.0761. The minimum absolute atomic E-state index is 0.151. The molecule has 0 aliphatic heterocycles. The van der Waals surface area contributed by atoms with Gasteiger partial charge in [0.05, 0.1) is 0 Å². The first kappa shape index (κ1) is 19.2. The van der Waals surface area contributed by atoms with Gasteiger partial charge in [0.2, 0.25) is 0 Å². The summed E-state index contributed by atoms with van der Waals surface area (Å²) in [5.74, 6) is 0.151. The Morgan fingerprint density at radius 3 is 2.00 bits per heavy atom. The summed E-state index contributed by atoms with van der Waals surface area (Å²) in [6.45, 7) is 5.97. The van der Waals surface area contributed by atoms with Gasteiger partial charge in [-0.05, 0) is 37.6 Å². The number of halogens is 1. The number of nitrogens with zero attached hydrogens (tertiary/aromatic N) is 1. The van der Waals surface area contributed by atoms with Crippen LogP contribution in [-0.2, 0) is 0 Å². The number of amides is 1. The molecule has 1 aromatic carbocycles. The molecule has 0 spiro atoms. The minimum atomic E-state index is 0.151. The smallest absolute Gasteiger partial charge is 0.253 e. The zero-order valence-corrected chi connectivity index (χ0v) is 15.7. The molecular formula is C19H30BrNO. The molecule has 0 radical (unpaired) electrons. The fourth-order valence-electron chi connectivity index (χ4n) is 2.61. The summed E-state index contributed by atoms with van der Waals surface area (Å²) >= 11 is 3.41. The minimum Gasteiger partial charge on any atom is -0.339 e. The van der Waals surface area contributed by atoms with Crippen LogP contribution in [-0.4, -0.2) is 23.9 Å². The highest BCUT2D eigenvalue weighted by Crippen LogP contribution is 2.13. The average molecular weight is 368 g/mol. The summed E-state index contributed by atoms with van der Waals surface area (Å²) in [5, 5.41) is 0. The Kier molecular flexibility index (Phi) is 10.2. The summed E-state index contributed by atoms with van der Waals surface area (Å²) in [6, 6.07) is 7.64. The van der Waals surface area contributed by atoms with Gasteiger partial charge in [0.1, 0.15) is 0 Å². The first-order valence-corrected chi connectivity index (χ1v) is 9.53. The molecule has 0 unspecified atom stereocenters. The third-order valence-corrected chi connectivity index (χ3v) is 4.57. The van der Waals surface area contributed by atoms with Crippen LogP contribution in [0.2, 0.25) is 0 Å². The SMILES string of the molecule is CCCCCCCCCCN(CC)C(=O)c1ccc(Br)cc1. The van der Waals surface area contributed by atoms with Crippen LogP contribution >= 0.6 is 15.9 Å². The van der Waals surface area contributed by atoms with Crippen LogP contribution in [0.4, 0.5) is 0 Å². The first-order valence-electron chi connectivity index (χ1n) is 8.73. The summed E-state index contributed by atoms with van der Waals surface area (Å²) in [7, 11) is 0. The molecule has 0 saturated heterocycles. The van der Waals surface area contributed by atoms with Crippen molar-refractivity contribution < 1.29 is 4.79 Å². The second-order valence-corrected chi connectivity index (χ2v) is 6.78. The molecule has 0 heterocycles. The van der Waals surface area contributed by atoms with Crippen molar-refractivity contribution in [2.75, 3.05) is 13.1 Å². The van der Waals surface area contributed by atoms with Gasteiger partial charge >= 0.3 is 0 Å². The van der Waals surface area contributed by atoms with Crippen LogP contribution in [0.15, 0.2) is 28.7 Å². The van der Waals surface area contributed by atoms with Crippen LogP contribution < -0.4 is 0 Å². The van der Waals surface area contributed by atoms with Gasteiger partial charge in [-0.1, -0.05) is 67.8 Å². The molecule has 0 atom stereocenters. The van der Waals surface area contributed by atoms with Gasteiger partial charge in [0, 0.05) is 23.1 Å². The molecule has 1 aromatic rings. The Balaban J connectivity index is 2.24. The predicted octanol–water partition coefficient (Wildman–Crippen LogP) is 6.05. The standard InChI is InChI=1S/C19H30BrNO/c1-3-5-6-7-8-9-10-11-16-21(4-2)19(22)17-12-14-18(20)15-13-17/h12-15H,3-11,16H2,1-2H3. The van der Waals surface area contributed by atoms with E-state index >= 15 is 0 Å². The highest BCUT2D eigenvalue weighted by atomic mass is 79.9. The van der Waals surface area contributed by atoms with Gasteiger partial charge in [-0.25, -0.2) is 0 Å². The lowest BCUT2D eigenvalue weighted by atomic mass is 10.1. The monoisotopic (exact) mass is 367 g/mol. The fourth-order valence-corrected chi connectivity index (χ4v) is 2.88. The van der Waals surface area contributed by atoms with Gasteiger partial charge in [0.25, 0.3) is 5.91 Å². The van der Waals surface area contributed by atoms with Crippen molar-refractivity contribution in [3.8, 4) is 0 Å².